The zero-order chi connectivity index (χ0) is 18.1. The molecule has 0 aliphatic rings. The van der Waals surface area contributed by atoms with Crippen LogP contribution in [0.15, 0.2) is 23.4 Å². The number of alkyl halides is 5. The van der Waals surface area contributed by atoms with Crippen molar-refractivity contribution >= 4 is 11.8 Å². The number of benzene rings is 1. The molecule has 0 bridgehead atoms. The van der Waals surface area contributed by atoms with Gasteiger partial charge in [0.2, 0.25) is 5.82 Å². The molecule has 128 valence electrons. The van der Waals surface area contributed by atoms with Crippen LogP contribution in [0.1, 0.15) is 17.0 Å². The van der Waals surface area contributed by atoms with E-state index in [1.807, 2.05) is 6.07 Å². The van der Waals surface area contributed by atoms with Gasteiger partial charge in [0.25, 0.3) is 0 Å². The molecule has 0 amide bonds. The van der Waals surface area contributed by atoms with Crippen LogP contribution in [0.3, 0.4) is 0 Å². The lowest BCUT2D eigenvalue weighted by atomic mass is 10.1. The van der Waals surface area contributed by atoms with Crippen LogP contribution in [0.25, 0.3) is 5.69 Å². The first-order chi connectivity index (χ1) is 11.1. The lowest BCUT2D eigenvalue weighted by Crippen LogP contribution is -2.34. The van der Waals surface area contributed by atoms with Crippen LogP contribution < -0.4 is 0 Å². The smallest absolute Gasteiger partial charge is 0.220 e. The fourth-order valence-electron chi connectivity index (χ4n) is 1.98. The van der Waals surface area contributed by atoms with E-state index in [1.165, 1.54) is 11.8 Å². The van der Waals surface area contributed by atoms with E-state index in [9.17, 15) is 22.0 Å². The number of rotatable bonds is 4. The maximum atomic E-state index is 13.3. The summed E-state index contributed by atoms with van der Waals surface area (Å²) in [4.78, 5) is 3.81. The maximum absolute atomic E-state index is 13.3. The number of aromatic nitrogens is 3. The molecule has 10 heteroatoms. The van der Waals surface area contributed by atoms with Crippen molar-refractivity contribution in [2.45, 2.75) is 30.8 Å². The molecule has 4 nitrogen and oxygen atoms in total. The van der Waals surface area contributed by atoms with Gasteiger partial charge in [-0.1, -0.05) is 6.07 Å². The molecule has 1 heterocycles. The van der Waals surface area contributed by atoms with Crippen LogP contribution in [-0.4, -0.2) is 26.7 Å². The average Bonchev–Trinajstić information content (AvgIpc) is 2.95. The van der Waals surface area contributed by atoms with Gasteiger partial charge in [-0.05, 0) is 31.0 Å². The summed E-state index contributed by atoms with van der Waals surface area (Å²) < 4.78 is 64.7. The average molecular weight is 362 g/mol. The molecule has 0 spiro atoms. The summed E-state index contributed by atoms with van der Waals surface area (Å²) in [6, 6.07) is 5.28. The summed E-state index contributed by atoms with van der Waals surface area (Å²) in [5.74, 6) is -6.56. The molecule has 1 aromatic heterocycles. The van der Waals surface area contributed by atoms with Gasteiger partial charge >= 0.3 is 12.1 Å². The van der Waals surface area contributed by atoms with E-state index in [-0.39, 0.29) is 5.75 Å². The van der Waals surface area contributed by atoms with Gasteiger partial charge in [0.1, 0.15) is 6.33 Å². The summed E-state index contributed by atoms with van der Waals surface area (Å²) in [7, 11) is 0. The largest absolute Gasteiger partial charge is 0.461 e. The Morgan fingerprint density at radius 3 is 2.42 bits per heavy atom. The van der Waals surface area contributed by atoms with E-state index in [4.69, 9.17) is 5.26 Å². The van der Waals surface area contributed by atoms with Crippen molar-refractivity contribution in [1.29, 1.82) is 5.26 Å². The van der Waals surface area contributed by atoms with Crippen molar-refractivity contribution in [3.63, 3.8) is 0 Å². The van der Waals surface area contributed by atoms with Crippen LogP contribution in [-0.2, 0) is 5.92 Å². The highest BCUT2D eigenvalue weighted by Gasteiger charge is 2.61. The monoisotopic (exact) mass is 362 g/mol. The number of hydrogen-bond acceptors (Lipinski definition) is 4. The highest BCUT2D eigenvalue weighted by molar-refractivity contribution is 7.99. The third-order valence-corrected chi connectivity index (χ3v) is 4.19. The third-order valence-electron chi connectivity index (χ3n) is 3.16. The third kappa shape index (κ3) is 3.36. The molecule has 0 atom stereocenters. The molecule has 2 aromatic rings. The summed E-state index contributed by atoms with van der Waals surface area (Å²) in [6.07, 6.45) is -4.96. The fourth-order valence-corrected chi connectivity index (χ4v) is 2.69. The molecule has 0 radical (unpaired) electrons. The van der Waals surface area contributed by atoms with Crippen LogP contribution in [0.5, 0.6) is 0 Å². The van der Waals surface area contributed by atoms with E-state index in [2.05, 4.69) is 10.1 Å². The van der Waals surface area contributed by atoms with E-state index >= 15 is 0 Å². The second kappa shape index (κ2) is 6.39. The first-order valence-electron chi connectivity index (χ1n) is 6.56. The summed E-state index contributed by atoms with van der Waals surface area (Å²) in [5.41, 5.74) is 1.80. The number of hydrogen-bond donors (Lipinski definition) is 0. The van der Waals surface area contributed by atoms with Gasteiger partial charge in [-0.15, -0.1) is 16.9 Å². The van der Waals surface area contributed by atoms with Crippen molar-refractivity contribution < 1.29 is 22.0 Å². The Hall–Kier alpha value is -2.15. The number of nitriles is 1. The van der Waals surface area contributed by atoms with Crippen molar-refractivity contribution in [3.05, 3.63) is 35.4 Å². The minimum Gasteiger partial charge on any atom is -0.220 e. The molecule has 0 N–H and O–H groups in total. The minimum absolute atomic E-state index is 0.179. The number of thioether (sulfide) groups is 1. The van der Waals surface area contributed by atoms with Crippen LogP contribution in [0.4, 0.5) is 22.0 Å². The van der Waals surface area contributed by atoms with Crippen molar-refractivity contribution in [3.8, 4) is 11.8 Å². The second-order valence-corrected chi connectivity index (χ2v) is 5.95. The Bertz CT molecular complexity index is 791. The highest BCUT2D eigenvalue weighted by Crippen LogP contribution is 2.42. The Labute approximate surface area is 138 Å². The fraction of sp³-hybridized carbons (Fsp3) is 0.357. The predicted octanol–water partition coefficient (Wildman–Crippen LogP) is 4.15. The molecule has 1 aromatic carbocycles. The van der Waals surface area contributed by atoms with E-state index in [0.29, 0.717) is 16.1 Å². The molecular formula is C14H11F5N4S. The summed E-state index contributed by atoms with van der Waals surface area (Å²) in [6.45, 7) is 3.48. The standard InChI is InChI=1S/C14H11F5N4S/c1-8-5-9(2)11(24-4-3-20)6-10(8)23-7-21-12(22-23)13(15,16)14(17,18)19/h5-7H,4H2,1-2H3. The van der Waals surface area contributed by atoms with Gasteiger partial charge in [0.05, 0.1) is 17.5 Å². The van der Waals surface area contributed by atoms with Gasteiger partial charge in [0, 0.05) is 4.90 Å². The first kappa shape index (κ1) is 18.2. The molecule has 0 saturated carbocycles. The Morgan fingerprint density at radius 2 is 1.83 bits per heavy atom. The first-order valence-corrected chi connectivity index (χ1v) is 7.54. The Kier molecular flexibility index (Phi) is 4.85. The molecule has 2 rings (SSSR count). The van der Waals surface area contributed by atoms with E-state index < -0.39 is 17.9 Å². The predicted molar refractivity (Wildman–Crippen MR) is 77.1 cm³/mol. The maximum Gasteiger partial charge on any atom is 0.461 e. The van der Waals surface area contributed by atoms with Gasteiger partial charge in [-0.2, -0.15) is 27.2 Å². The van der Waals surface area contributed by atoms with Crippen molar-refractivity contribution in [2.24, 2.45) is 0 Å². The zero-order valence-corrected chi connectivity index (χ0v) is 13.3. The molecule has 0 unspecified atom stereocenters. The number of aryl methyl sites for hydroxylation is 2. The van der Waals surface area contributed by atoms with Gasteiger partial charge in [-0.25, -0.2) is 9.67 Å². The lowest BCUT2D eigenvalue weighted by Gasteiger charge is -2.16. The van der Waals surface area contributed by atoms with Crippen LogP contribution in [0, 0.1) is 25.2 Å². The van der Waals surface area contributed by atoms with Crippen LogP contribution in [0.2, 0.25) is 0 Å². The molecular weight excluding hydrogens is 351 g/mol. The molecule has 0 aliphatic heterocycles. The van der Waals surface area contributed by atoms with Crippen LogP contribution >= 0.6 is 11.8 Å². The van der Waals surface area contributed by atoms with E-state index in [0.717, 1.165) is 16.6 Å². The Balaban J connectivity index is 2.45. The van der Waals surface area contributed by atoms with Gasteiger partial charge < -0.3 is 0 Å². The zero-order valence-electron chi connectivity index (χ0n) is 12.5. The molecule has 0 fully saturated rings. The van der Waals surface area contributed by atoms with Crippen molar-refractivity contribution in [2.75, 3.05) is 5.75 Å². The van der Waals surface area contributed by atoms with Gasteiger partial charge in [-0.3, -0.25) is 0 Å². The molecule has 0 saturated heterocycles. The molecule has 24 heavy (non-hydrogen) atoms. The quantitative estimate of drug-likeness (QED) is 0.606. The topological polar surface area (TPSA) is 54.5 Å². The van der Waals surface area contributed by atoms with Gasteiger partial charge in [0.15, 0.2) is 0 Å². The highest BCUT2D eigenvalue weighted by atomic mass is 32.2. The normalized spacial score (nSPS) is 12.2. The SMILES string of the molecule is Cc1cc(C)c(-n2cnc(C(F)(F)C(F)(F)F)n2)cc1SCC#N. The Morgan fingerprint density at radius 1 is 1.17 bits per heavy atom. The minimum atomic E-state index is -5.77. The summed E-state index contributed by atoms with van der Waals surface area (Å²) in [5, 5.41) is 11.9. The number of halogens is 5. The second-order valence-electron chi connectivity index (χ2n) is 4.94. The lowest BCUT2D eigenvalue weighted by molar-refractivity contribution is -0.292. The van der Waals surface area contributed by atoms with E-state index in [1.54, 1.807) is 26.0 Å². The number of nitrogens with zero attached hydrogens (tertiary/aromatic N) is 4. The molecule has 0 aliphatic carbocycles. The van der Waals surface area contributed by atoms with Crippen molar-refractivity contribution in [1.82, 2.24) is 14.8 Å². The summed E-state index contributed by atoms with van der Waals surface area (Å²) >= 11 is 1.23.